The Morgan fingerprint density at radius 3 is 1.81 bits per heavy atom. The lowest BCUT2D eigenvalue weighted by Crippen LogP contribution is -2.27. The summed E-state index contributed by atoms with van der Waals surface area (Å²) in [5.41, 5.74) is 2.02. The first-order chi connectivity index (χ1) is 12.3. The van der Waals surface area contributed by atoms with Gasteiger partial charge in [0.25, 0.3) is 0 Å². The first-order valence-electron chi connectivity index (χ1n) is 8.75. The summed E-state index contributed by atoms with van der Waals surface area (Å²) in [4.78, 5) is 12.8. The van der Waals surface area contributed by atoms with Gasteiger partial charge in [0.1, 0.15) is 5.76 Å². The molecule has 0 atom stereocenters. The average Bonchev–Trinajstić information content (AvgIpc) is 2.95. The maximum atomic E-state index is 12.8. The van der Waals surface area contributed by atoms with Crippen molar-refractivity contribution in [2.75, 3.05) is 0 Å². The van der Waals surface area contributed by atoms with E-state index in [1.54, 1.807) is 0 Å². The molecule has 2 aromatic carbocycles. The lowest BCUT2D eigenvalue weighted by Gasteiger charge is -2.32. The van der Waals surface area contributed by atoms with Gasteiger partial charge in [-0.1, -0.05) is 61.3 Å². The molecule has 1 aliphatic carbocycles. The minimum atomic E-state index is -0.712. The summed E-state index contributed by atoms with van der Waals surface area (Å²) in [5.74, 6) is 1.03. The van der Waals surface area contributed by atoms with E-state index in [1.165, 1.54) is 0 Å². The Labute approximate surface area is 163 Å². The number of rotatable bonds is 2. The van der Waals surface area contributed by atoms with Crippen molar-refractivity contribution >= 4 is 29.0 Å². The van der Waals surface area contributed by atoms with Gasteiger partial charge < -0.3 is 4.74 Å². The molecule has 0 spiro atoms. The third-order valence-electron chi connectivity index (χ3n) is 5.30. The van der Waals surface area contributed by atoms with Crippen LogP contribution in [0.1, 0.15) is 44.2 Å². The van der Waals surface area contributed by atoms with Gasteiger partial charge in [-0.3, -0.25) is 4.79 Å². The van der Waals surface area contributed by atoms with Crippen molar-refractivity contribution in [3.8, 4) is 0 Å². The number of carbonyl (C=O) groups is 1. The van der Waals surface area contributed by atoms with E-state index in [9.17, 15) is 4.79 Å². The predicted molar refractivity (Wildman–Crippen MR) is 104 cm³/mol. The first kappa shape index (κ1) is 17.6. The Bertz CT molecular complexity index is 847. The van der Waals surface area contributed by atoms with Crippen molar-refractivity contribution in [2.24, 2.45) is 5.41 Å². The number of benzene rings is 2. The molecular weight excluding hydrogens is 367 g/mol. The number of ketones is 1. The quantitative estimate of drug-likeness (QED) is 0.604. The molecule has 2 aromatic rings. The Hall–Kier alpha value is -1.77. The number of hydrogen-bond donors (Lipinski definition) is 0. The largest absolute Gasteiger partial charge is 0.481 e. The van der Waals surface area contributed by atoms with E-state index in [1.807, 2.05) is 48.5 Å². The number of hydrogen-bond acceptors (Lipinski definition) is 2. The van der Waals surface area contributed by atoms with Crippen molar-refractivity contribution in [1.29, 1.82) is 0 Å². The van der Waals surface area contributed by atoms with Gasteiger partial charge >= 0.3 is 0 Å². The van der Waals surface area contributed by atoms with Gasteiger partial charge in [-0.05, 0) is 29.7 Å². The molecule has 26 heavy (non-hydrogen) atoms. The first-order valence-corrected chi connectivity index (χ1v) is 9.51. The predicted octanol–water partition coefficient (Wildman–Crippen LogP) is 6.30. The van der Waals surface area contributed by atoms with Crippen molar-refractivity contribution < 1.29 is 9.53 Å². The van der Waals surface area contributed by atoms with Crippen LogP contribution in [-0.4, -0.2) is 5.78 Å². The molecule has 0 unspecified atom stereocenters. The topological polar surface area (TPSA) is 26.3 Å². The minimum Gasteiger partial charge on any atom is -0.481 e. The van der Waals surface area contributed by atoms with Gasteiger partial charge in [-0.15, -0.1) is 0 Å². The molecule has 0 N–H and O–H groups in total. The van der Waals surface area contributed by atoms with Crippen LogP contribution in [0.3, 0.4) is 0 Å². The second-order valence-electron chi connectivity index (χ2n) is 7.96. The molecular formula is C22H20Cl2O2. The minimum absolute atomic E-state index is 0.0774. The number of carbonyl (C=O) groups excluding carboxylic acids is 1. The Kier molecular flexibility index (Phi) is 4.17. The van der Waals surface area contributed by atoms with Crippen LogP contribution in [0.4, 0.5) is 0 Å². The van der Waals surface area contributed by atoms with Crippen LogP contribution in [0.25, 0.3) is 0 Å². The van der Waals surface area contributed by atoms with Gasteiger partial charge in [0.15, 0.2) is 11.4 Å². The molecule has 0 bridgehead atoms. The highest BCUT2D eigenvalue weighted by Gasteiger charge is 2.49. The second kappa shape index (κ2) is 6.14. The SMILES string of the molecule is CC1(C)CC(=O)C2=C(C1)OC(c1ccc(Cl)cc1)(c1ccc(Cl)cc1)C2. The third-order valence-corrected chi connectivity index (χ3v) is 5.80. The molecule has 0 fully saturated rings. The smallest absolute Gasteiger partial charge is 0.163 e. The maximum absolute atomic E-state index is 12.8. The normalized spacial score (nSPS) is 20.7. The summed E-state index contributed by atoms with van der Waals surface area (Å²) >= 11 is 12.2. The molecule has 1 heterocycles. The van der Waals surface area contributed by atoms with Crippen molar-refractivity contribution in [1.82, 2.24) is 0 Å². The third kappa shape index (κ3) is 2.95. The summed E-state index contributed by atoms with van der Waals surface area (Å²) in [5, 5.41) is 1.35. The molecule has 0 saturated heterocycles. The second-order valence-corrected chi connectivity index (χ2v) is 8.84. The van der Waals surface area contributed by atoms with E-state index in [2.05, 4.69) is 13.8 Å². The highest BCUT2D eigenvalue weighted by atomic mass is 35.5. The summed E-state index contributed by atoms with van der Waals surface area (Å²) < 4.78 is 6.58. The van der Waals surface area contributed by atoms with Gasteiger partial charge in [-0.2, -0.15) is 0 Å². The van der Waals surface area contributed by atoms with Crippen LogP contribution < -0.4 is 0 Å². The van der Waals surface area contributed by atoms with Crippen LogP contribution in [-0.2, 0) is 15.1 Å². The number of allylic oxidation sites excluding steroid dienone is 1. The van der Waals surface area contributed by atoms with Crippen LogP contribution in [0.5, 0.6) is 0 Å². The highest BCUT2D eigenvalue weighted by Crippen LogP contribution is 2.52. The molecule has 0 saturated carbocycles. The zero-order valence-electron chi connectivity index (χ0n) is 14.8. The average molecular weight is 387 g/mol. The summed E-state index contributed by atoms with van der Waals surface area (Å²) in [6.07, 6.45) is 1.88. The monoisotopic (exact) mass is 386 g/mol. The van der Waals surface area contributed by atoms with Gasteiger partial charge in [0.2, 0.25) is 0 Å². The molecule has 0 radical (unpaired) electrons. The molecule has 134 valence electrons. The van der Waals surface area contributed by atoms with Crippen LogP contribution >= 0.6 is 23.2 Å². The molecule has 0 amide bonds. The Balaban J connectivity index is 1.83. The van der Waals surface area contributed by atoms with Gasteiger partial charge in [0.05, 0.1) is 0 Å². The summed E-state index contributed by atoms with van der Waals surface area (Å²) in [6, 6.07) is 15.4. The standard InChI is InChI=1S/C22H20Cl2O2/c1-21(2)12-19(25)18-11-22(26-20(18)13-21,14-3-7-16(23)8-4-14)15-5-9-17(24)10-6-15/h3-10H,11-13H2,1-2H3. The van der Waals surface area contributed by atoms with E-state index in [0.29, 0.717) is 22.9 Å². The molecule has 0 aromatic heterocycles. The zero-order valence-corrected chi connectivity index (χ0v) is 16.3. The molecule has 2 nitrogen and oxygen atoms in total. The number of Topliss-reactive ketones (excluding diaryl/α,β-unsaturated/α-hetero) is 1. The summed E-state index contributed by atoms with van der Waals surface area (Å²) in [6.45, 7) is 4.23. The van der Waals surface area contributed by atoms with E-state index in [-0.39, 0.29) is 11.2 Å². The van der Waals surface area contributed by atoms with E-state index < -0.39 is 5.60 Å². The van der Waals surface area contributed by atoms with E-state index >= 15 is 0 Å². The van der Waals surface area contributed by atoms with Crippen LogP contribution in [0.2, 0.25) is 10.0 Å². The van der Waals surface area contributed by atoms with Gasteiger partial charge in [0, 0.05) is 46.0 Å². The maximum Gasteiger partial charge on any atom is 0.163 e. The van der Waals surface area contributed by atoms with Crippen molar-refractivity contribution in [3.63, 3.8) is 0 Å². The van der Waals surface area contributed by atoms with Crippen LogP contribution in [0, 0.1) is 5.41 Å². The van der Waals surface area contributed by atoms with Crippen molar-refractivity contribution in [2.45, 2.75) is 38.7 Å². The zero-order chi connectivity index (χ0) is 18.5. The molecule has 4 rings (SSSR count). The number of ether oxygens (including phenoxy) is 1. The fourth-order valence-corrected chi connectivity index (χ4v) is 4.27. The number of halogens is 2. The van der Waals surface area contributed by atoms with Crippen molar-refractivity contribution in [3.05, 3.63) is 81.0 Å². The summed E-state index contributed by atoms with van der Waals surface area (Å²) in [7, 11) is 0. The van der Waals surface area contributed by atoms with Gasteiger partial charge in [-0.25, -0.2) is 0 Å². The fourth-order valence-electron chi connectivity index (χ4n) is 4.02. The lowest BCUT2D eigenvalue weighted by atomic mass is 9.74. The fraction of sp³-hybridized carbons (Fsp3) is 0.318. The van der Waals surface area contributed by atoms with Crippen LogP contribution in [0.15, 0.2) is 59.9 Å². The Morgan fingerprint density at radius 2 is 1.31 bits per heavy atom. The molecule has 1 aliphatic heterocycles. The Morgan fingerprint density at radius 1 is 0.808 bits per heavy atom. The lowest BCUT2D eigenvalue weighted by molar-refractivity contribution is -0.118. The highest BCUT2D eigenvalue weighted by molar-refractivity contribution is 6.30. The van der Waals surface area contributed by atoms with E-state index in [4.69, 9.17) is 27.9 Å². The molecule has 2 aliphatic rings. The van der Waals surface area contributed by atoms with E-state index in [0.717, 1.165) is 28.9 Å². The molecule has 4 heteroatoms.